The van der Waals surface area contributed by atoms with Gasteiger partial charge in [0.05, 0.1) is 30.5 Å². The lowest BCUT2D eigenvalue weighted by Crippen LogP contribution is -2.43. The highest BCUT2D eigenvalue weighted by Gasteiger charge is 2.23. The summed E-state index contributed by atoms with van der Waals surface area (Å²) in [5, 5.41) is 0.677. The van der Waals surface area contributed by atoms with E-state index in [2.05, 4.69) is 4.90 Å². The van der Waals surface area contributed by atoms with E-state index in [0.29, 0.717) is 23.0 Å². The van der Waals surface area contributed by atoms with Crippen molar-refractivity contribution in [3.05, 3.63) is 78.4 Å². The monoisotopic (exact) mass is 489 g/mol. The number of anilines is 1. The Morgan fingerprint density at radius 2 is 1.71 bits per heavy atom. The zero-order valence-electron chi connectivity index (χ0n) is 19.6. The first-order chi connectivity index (χ1) is 17.2. The first kappa shape index (κ1) is 23.3. The summed E-state index contributed by atoms with van der Waals surface area (Å²) in [6.07, 6.45) is 0. The minimum atomic E-state index is -0.0875. The highest BCUT2D eigenvalue weighted by atomic mass is 32.1. The number of carbonyl (C=O) groups is 1. The molecule has 35 heavy (non-hydrogen) atoms. The molecule has 5 rings (SSSR count). The maximum atomic E-state index is 13.7. The van der Waals surface area contributed by atoms with Gasteiger partial charge in [-0.1, -0.05) is 29.5 Å². The summed E-state index contributed by atoms with van der Waals surface area (Å²) in [5.74, 6) is 2.12. The summed E-state index contributed by atoms with van der Waals surface area (Å²) < 4.78 is 17.7. The average Bonchev–Trinajstić information content (AvgIpc) is 3.33. The van der Waals surface area contributed by atoms with Crippen LogP contribution in [0.5, 0.6) is 17.2 Å². The molecular formula is C27H27N3O4S. The number of aromatic nitrogens is 1. The molecule has 1 saturated heterocycles. The Kier molecular flexibility index (Phi) is 7.23. The van der Waals surface area contributed by atoms with Gasteiger partial charge < -0.3 is 14.2 Å². The van der Waals surface area contributed by atoms with Crippen molar-refractivity contribution < 1.29 is 19.0 Å². The van der Waals surface area contributed by atoms with Crippen LogP contribution in [-0.4, -0.2) is 62.3 Å². The van der Waals surface area contributed by atoms with E-state index in [0.717, 1.165) is 54.6 Å². The molecule has 0 unspecified atom stereocenters. The van der Waals surface area contributed by atoms with Crippen molar-refractivity contribution in [1.82, 2.24) is 9.88 Å². The summed E-state index contributed by atoms with van der Waals surface area (Å²) in [5.41, 5.74) is 1.44. The second kappa shape index (κ2) is 10.9. The number of carbonyl (C=O) groups excluding carboxylic acids is 1. The zero-order valence-corrected chi connectivity index (χ0v) is 20.4. The van der Waals surface area contributed by atoms with Gasteiger partial charge in [0.1, 0.15) is 17.2 Å². The van der Waals surface area contributed by atoms with Gasteiger partial charge in [0, 0.05) is 31.7 Å². The van der Waals surface area contributed by atoms with Gasteiger partial charge in [0.25, 0.3) is 5.91 Å². The van der Waals surface area contributed by atoms with Crippen LogP contribution in [0.3, 0.4) is 0 Å². The normalized spacial score (nSPS) is 14.1. The van der Waals surface area contributed by atoms with E-state index in [4.69, 9.17) is 19.2 Å². The molecule has 180 valence electrons. The van der Waals surface area contributed by atoms with Crippen LogP contribution in [0.15, 0.2) is 72.8 Å². The molecule has 3 aromatic carbocycles. The predicted octanol–water partition coefficient (Wildman–Crippen LogP) is 5.08. The van der Waals surface area contributed by atoms with Gasteiger partial charge in [-0.2, -0.15) is 0 Å². The highest BCUT2D eigenvalue weighted by molar-refractivity contribution is 7.22. The first-order valence-electron chi connectivity index (χ1n) is 11.6. The van der Waals surface area contributed by atoms with E-state index in [9.17, 15) is 4.79 Å². The van der Waals surface area contributed by atoms with Crippen LogP contribution in [0, 0.1) is 0 Å². The Morgan fingerprint density at radius 3 is 2.46 bits per heavy atom. The summed E-state index contributed by atoms with van der Waals surface area (Å²) in [7, 11) is 1.65. The zero-order chi connectivity index (χ0) is 24.0. The van der Waals surface area contributed by atoms with Gasteiger partial charge in [0.15, 0.2) is 5.13 Å². The number of benzene rings is 3. The lowest BCUT2D eigenvalue weighted by molar-refractivity contribution is 0.0391. The Hall–Kier alpha value is -3.46. The maximum Gasteiger partial charge on any atom is 0.260 e. The van der Waals surface area contributed by atoms with Crippen molar-refractivity contribution in [3.8, 4) is 17.2 Å². The summed E-state index contributed by atoms with van der Waals surface area (Å²) in [4.78, 5) is 22.5. The Bertz CT molecular complexity index is 1270. The van der Waals surface area contributed by atoms with Crippen LogP contribution in [0.1, 0.15) is 10.4 Å². The Balaban J connectivity index is 1.38. The van der Waals surface area contributed by atoms with Crippen LogP contribution in [0.25, 0.3) is 10.2 Å². The first-order valence-corrected chi connectivity index (χ1v) is 12.4. The van der Waals surface area contributed by atoms with E-state index in [-0.39, 0.29) is 5.91 Å². The SMILES string of the molecule is COc1ccc2nc(N(CCN3CCOCC3)C(=O)c3ccc(Oc4ccccc4)cc3)sc2c1. The van der Waals surface area contributed by atoms with Gasteiger partial charge in [-0.15, -0.1) is 0 Å². The lowest BCUT2D eigenvalue weighted by Gasteiger charge is -2.29. The topological polar surface area (TPSA) is 64.1 Å². The summed E-state index contributed by atoms with van der Waals surface area (Å²) >= 11 is 1.50. The molecule has 8 heteroatoms. The molecule has 7 nitrogen and oxygen atoms in total. The number of hydrogen-bond donors (Lipinski definition) is 0. The molecule has 0 N–H and O–H groups in total. The van der Waals surface area contributed by atoms with Crippen LogP contribution in [0.4, 0.5) is 5.13 Å². The van der Waals surface area contributed by atoms with Gasteiger partial charge in [-0.25, -0.2) is 4.98 Å². The molecular weight excluding hydrogens is 462 g/mol. The molecule has 0 bridgehead atoms. The minimum Gasteiger partial charge on any atom is -0.497 e. The van der Waals surface area contributed by atoms with E-state index in [1.807, 2.05) is 60.7 Å². The highest BCUT2D eigenvalue weighted by Crippen LogP contribution is 2.32. The smallest absolute Gasteiger partial charge is 0.260 e. The summed E-state index contributed by atoms with van der Waals surface area (Å²) in [6, 6.07) is 22.6. The number of morpholine rings is 1. The number of ether oxygens (including phenoxy) is 3. The fourth-order valence-electron chi connectivity index (χ4n) is 3.93. The molecule has 0 atom stereocenters. The Labute approximate surface area is 208 Å². The van der Waals surface area contributed by atoms with Crippen molar-refractivity contribution in [2.75, 3.05) is 51.4 Å². The van der Waals surface area contributed by atoms with E-state index >= 15 is 0 Å². The average molecular weight is 490 g/mol. The predicted molar refractivity (Wildman–Crippen MR) is 138 cm³/mol. The molecule has 1 aromatic heterocycles. The van der Waals surface area contributed by atoms with E-state index in [1.54, 1.807) is 24.1 Å². The van der Waals surface area contributed by atoms with Gasteiger partial charge >= 0.3 is 0 Å². The molecule has 0 spiro atoms. The largest absolute Gasteiger partial charge is 0.497 e. The van der Waals surface area contributed by atoms with Crippen LogP contribution >= 0.6 is 11.3 Å². The van der Waals surface area contributed by atoms with Gasteiger partial charge in [-0.3, -0.25) is 14.6 Å². The minimum absolute atomic E-state index is 0.0875. The maximum absolute atomic E-state index is 13.7. The van der Waals surface area contributed by atoms with E-state index in [1.165, 1.54) is 11.3 Å². The molecule has 2 heterocycles. The molecule has 1 aliphatic rings. The molecule has 1 fully saturated rings. The number of nitrogens with zero attached hydrogens (tertiary/aromatic N) is 3. The molecule has 1 amide bonds. The molecule has 1 aliphatic heterocycles. The van der Waals surface area contributed by atoms with Gasteiger partial charge in [-0.05, 0) is 54.6 Å². The number of amides is 1. The third kappa shape index (κ3) is 5.62. The third-order valence-corrected chi connectivity index (χ3v) is 6.93. The fraction of sp³-hybridized carbons (Fsp3) is 0.259. The second-order valence-electron chi connectivity index (χ2n) is 8.18. The van der Waals surface area contributed by atoms with Crippen molar-refractivity contribution >= 4 is 32.6 Å². The number of fused-ring (bicyclic) bond motifs is 1. The summed E-state index contributed by atoms with van der Waals surface area (Å²) in [6.45, 7) is 4.46. The van der Waals surface area contributed by atoms with Crippen LogP contribution in [-0.2, 0) is 4.74 Å². The fourth-order valence-corrected chi connectivity index (χ4v) is 4.95. The number of hydrogen-bond acceptors (Lipinski definition) is 7. The van der Waals surface area contributed by atoms with Crippen LogP contribution in [0.2, 0.25) is 0 Å². The second-order valence-corrected chi connectivity index (χ2v) is 9.19. The molecule has 0 aliphatic carbocycles. The number of para-hydroxylation sites is 1. The number of methoxy groups -OCH3 is 1. The molecule has 0 saturated carbocycles. The Morgan fingerprint density at radius 1 is 1.00 bits per heavy atom. The van der Waals surface area contributed by atoms with Crippen molar-refractivity contribution in [1.29, 1.82) is 0 Å². The van der Waals surface area contributed by atoms with Crippen LogP contribution < -0.4 is 14.4 Å². The van der Waals surface area contributed by atoms with Crippen molar-refractivity contribution in [2.45, 2.75) is 0 Å². The molecule has 0 radical (unpaired) electrons. The van der Waals surface area contributed by atoms with Crippen molar-refractivity contribution in [3.63, 3.8) is 0 Å². The standard InChI is InChI=1S/C27H27N3O4S/c1-32-23-11-12-24-25(19-23)35-27(28-24)30(14-13-29-15-17-33-18-16-29)26(31)20-7-9-22(10-8-20)34-21-5-3-2-4-6-21/h2-12,19H,13-18H2,1H3. The van der Waals surface area contributed by atoms with Gasteiger partial charge in [0.2, 0.25) is 0 Å². The number of rotatable bonds is 8. The third-order valence-electron chi connectivity index (χ3n) is 5.88. The quantitative estimate of drug-likeness (QED) is 0.344. The molecule has 4 aromatic rings. The van der Waals surface area contributed by atoms with Crippen molar-refractivity contribution in [2.24, 2.45) is 0 Å². The van der Waals surface area contributed by atoms with E-state index < -0.39 is 0 Å². The lowest BCUT2D eigenvalue weighted by atomic mass is 10.2. The number of thiazole rings is 1.